The normalized spacial score (nSPS) is 43.3. The van der Waals surface area contributed by atoms with E-state index in [9.17, 15) is 0 Å². The molecule has 2 aliphatic heterocycles. The Morgan fingerprint density at radius 1 is 1.00 bits per heavy atom. The van der Waals surface area contributed by atoms with E-state index < -0.39 is 0 Å². The molecule has 110 valence electrons. The van der Waals surface area contributed by atoms with Crippen molar-refractivity contribution in [2.45, 2.75) is 69.4 Å². The van der Waals surface area contributed by atoms with Gasteiger partial charge in [-0.15, -0.1) is 0 Å². The van der Waals surface area contributed by atoms with Gasteiger partial charge in [-0.2, -0.15) is 0 Å². The van der Waals surface area contributed by atoms with Crippen LogP contribution in [-0.4, -0.2) is 31.0 Å². The van der Waals surface area contributed by atoms with Crippen LogP contribution in [-0.2, 0) is 9.47 Å². The van der Waals surface area contributed by atoms with Crippen molar-refractivity contribution in [1.29, 1.82) is 0 Å². The molecule has 19 heavy (non-hydrogen) atoms. The highest BCUT2D eigenvalue weighted by molar-refractivity contribution is 5.01. The largest absolute Gasteiger partial charge is 0.381 e. The molecule has 0 aromatic carbocycles. The molecule has 3 aliphatic rings. The van der Waals surface area contributed by atoms with Gasteiger partial charge in [0.15, 0.2) is 0 Å². The number of ether oxygens (including phenoxy) is 2. The van der Waals surface area contributed by atoms with Crippen molar-refractivity contribution in [2.24, 2.45) is 17.6 Å². The smallest absolute Gasteiger partial charge is 0.0729 e. The number of hydrogen-bond donors (Lipinski definition) is 1. The minimum atomic E-state index is 0.0761. The zero-order valence-corrected chi connectivity index (χ0v) is 12.3. The lowest BCUT2D eigenvalue weighted by Gasteiger charge is -2.50. The van der Waals surface area contributed by atoms with Crippen molar-refractivity contribution < 1.29 is 9.47 Å². The second-order valence-electron chi connectivity index (χ2n) is 7.27. The van der Waals surface area contributed by atoms with Crippen molar-refractivity contribution in [3.8, 4) is 0 Å². The van der Waals surface area contributed by atoms with Crippen molar-refractivity contribution in [3.63, 3.8) is 0 Å². The molecule has 3 heteroatoms. The van der Waals surface area contributed by atoms with E-state index in [4.69, 9.17) is 15.2 Å². The SMILES string of the molecule is CC1CCCC(N)(C2CCOC3(CCOCC3)C2)C1. The summed E-state index contributed by atoms with van der Waals surface area (Å²) in [5.41, 5.74) is 7.00. The summed E-state index contributed by atoms with van der Waals surface area (Å²) in [6, 6.07) is 0. The monoisotopic (exact) mass is 267 g/mol. The van der Waals surface area contributed by atoms with E-state index in [1.807, 2.05) is 0 Å². The maximum Gasteiger partial charge on any atom is 0.0729 e. The summed E-state index contributed by atoms with van der Waals surface area (Å²) in [5.74, 6) is 1.45. The predicted octanol–water partition coefficient (Wildman–Crippen LogP) is 2.87. The minimum Gasteiger partial charge on any atom is -0.381 e. The highest BCUT2D eigenvalue weighted by Gasteiger charge is 2.46. The quantitative estimate of drug-likeness (QED) is 0.794. The Labute approximate surface area is 117 Å². The molecule has 1 spiro atoms. The first-order chi connectivity index (χ1) is 9.12. The van der Waals surface area contributed by atoms with E-state index in [0.717, 1.165) is 45.0 Å². The van der Waals surface area contributed by atoms with Crippen LogP contribution in [0, 0.1) is 11.8 Å². The molecule has 3 atom stereocenters. The van der Waals surface area contributed by atoms with Gasteiger partial charge in [-0.1, -0.05) is 19.8 Å². The van der Waals surface area contributed by atoms with Gasteiger partial charge in [0.2, 0.25) is 0 Å². The van der Waals surface area contributed by atoms with Gasteiger partial charge in [-0.3, -0.25) is 0 Å². The average Bonchev–Trinajstić information content (AvgIpc) is 2.39. The van der Waals surface area contributed by atoms with E-state index in [1.165, 1.54) is 32.1 Å². The second-order valence-corrected chi connectivity index (χ2v) is 7.27. The molecule has 0 aromatic heterocycles. The molecule has 3 nitrogen and oxygen atoms in total. The Kier molecular flexibility index (Phi) is 3.89. The summed E-state index contributed by atoms with van der Waals surface area (Å²) in [7, 11) is 0. The summed E-state index contributed by atoms with van der Waals surface area (Å²) in [6.07, 6.45) is 9.56. The first-order valence-electron chi connectivity index (χ1n) is 8.13. The molecule has 0 radical (unpaired) electrons. The van der Waals surface area contributed by atoms with Crippen molar-refractivity contribution in [2.75, 3.05) is 19.8 Å². The Balaban J connectivity index is 1.70. The van der Waals surface area contributed by atoms with Gasteiger partial charge in [-0.05, 0) is 50.4 Å². The molecule has 2 heterocycles. The Bertz CT molecular complexity index is 308. The fraction of sp³-hybridized carbons (Fsp3) is 1.00. The third kappa shape index (κ3) is 2.84. The van der Waals surface area contributed by atoms with Crippen LogP contribution in [0.3, 0.4) is 0 Å². The molecule has 1 aliphatic carbocycles. The summed E-state index contributed by atoms with van der Waals surface area (Å²) in [4.78, 5) is 0. The lowest BCUT2D eigenvalue weighted by Crippen LogP contribution is -2.56. The molecule has 3 unspecified atom stereocenters. The lowest BCUT2D eigenvalue weighted by molar-refractivity contribution is -0.156. The fourth-order valence-electron chi connectivity index (χ4n) is 4.61. The summed E-state index contributed by atoms with van der Waals surface area (Å²) < 4.78 is 11.7. The molecule has 3 rings (SSSR count). The molecule has 0 bridgehead atoms. The topological polar surface area (TPSA) is 44.5 Å². The maximum absolute atomic E-state index is 6.83. The molecule has 0 aromatic rings. The standard InChI is InChI=1S/C16H29NO2/c1-13-3-2-5-16(17,11-13)14-4-8-19-15(12-14)6-9-18-10-7-15/h13-14H,2-12,17H2,1H3. The van der Waals surface area contributed by atoms with Gasteiger partial charge in [-0.25, -0.2) is 0 Å². The van der Waals surface area contributed by atoms with Crippen LogP contribution in [0.15, 0.2) is 0 Å². The van der Waals surface area contributed by atoms with Crippen molar-refractivity contribution >= 4 is 0 Å². The Hall–Kier alpha value is -0.120. The highest BCUT2D eigenvalue weighted by Crippen LogP contribution is 2.45. The van der Waals surface area contributed by atoms with E-state index >= 15 is 0 Å². The van der Waals surface area contributed by atoms with E-state index in [0.29, 0.717) is 5.92 Å². The summed E-state index contributed by atoms with van der Waals surface area (Å²) >= 11 is 0. The van der Waals surface area contributed by atoms with Gasteiger partial charge in [0.25, 0.3) is 0 Å². The third-order valence-electron chi connectivity index (χ3n) is 5.78. The average molecular weight is 267 g/mol. The first-order valence-corrected chi connectivity index (χ1v) is 8.13. The third-order valence-corrected chi connectivity index (χ3v) is 5.78. The molecular formula is C16H29NO2. The van der Waals surface area contributed by atoms with Crippen LogP contribution in [0.25, 0.3) is 0 Å². The molecule has 2 N–H and O–H groups in total. The number of hydrogen-bond acceptors (Lipinski definition) is 3. The summed E-state index contributed by atoms with van der Waals surface area (Å²) in [6.45, 7) is 4.99. The maximum atomic E-state index is 6.83. The van der Waals surface area contributed by atoms with Crippen LogP contribution in [0.4, 0.5) is 0 Å². The molecule has 1 saturated carbocycles. The van der Waals surface area contributed by atoms with Crippen molar-refractivity contribution in [1.82, 2.24) is 0 Å². The fourth-order valence-corrected chi connectivity index (χ4v) is 4.61. The summed E-state index contributed by atoms with van der Waals surface area (Å²) in [5, 5.41) is 0. The van der Waals surface area contributed by atoms with Gasteiger partial charge < -0.3 is 15.2 Å². The Morgan fingerprint density at radius 3 is 2.53 bits per heavy atom. The highest BCUT2D eigenvalue weighted by atomic mass is 16.5. The predicted molar refractivity (Wildman–Crippen MR) is 76.0 cm³/mol. The Morgan fingerprint density at radius 2 is 1.79 bits per heavy atom. The van der Waals surface area contributed by atoms with E-state index in [1.54, 1.807) is 0 Å². The number of rotatable bonds is 1. The van der Waals surface area contributed by atoms with E-state index in [2.05, 4.69) is 6.92 Å². The molecule has 0 amide bonds. The first kappa shape index (κ1) is 13.8. The van der Waals surface area contributed by atoms with Gasteiger partial charge in [0.1, 0.15) is 0 Å². The zero-order chi connectivity index (χ0) is 13.3. The van der Waals surface area contributed by atoms with E-state index in [-0.39, 0.29) is 11.1 Å². The van der Waals surface area contributed by atoms with Crippen LogP contribution in [0.1, 0.15) is 58.3 Å². The second kappa shape index (κ2) is 5.34. The zero-order valence-electron chi connectivity index (χ0n) is 12.3. The van der Waals surface area contributed by atoms with Crippen LogP contribution >= 0.6 is 0 Å². The van der Waals surface area contributed by atoms with Crippen molar-refractivity contribution in [3.05, 3.63) is 0 Å². The minimum absolute atomic E-state index is 0.0761. The van der Waals surface area contributed by atoms with Gasteiger partial charge in [0, 0.05) is 25.4 Å². The molecular weight excluding hydrogens is 238 g/mol. The molecule has 3 fully saturated rings. The van der Waals surface area contributed by atoms with Crippen LogP contribution < -0.4 is 5.73 Å². The lowest BCUT2D eigenvalue weighted by atomic mass is 9.64. The van der Waals surface area contributed by atoms with Crippen LogP contribution in [0.2, 0.25) is 0 Å². The van der Waals surface area contributed by atoms with Gasteiger partial charge >= 0.3 is 0 Å². The van der Waals surface area contributed by atoms with Crippen LogP contribution in [0.5, 0.6) is 0 Å². The van der Waals surface area contributed by atoms with Gasteiger partial charge in [0.05, 0.1) is 5.60 Å². The molecule has 2 saturated heterocycles. The number of nitrogens with two attached hydrogens (primary N) is 1.